The number of nitrogens with zero attached hydrogens (tertiary/aromatic N) is 6. The lowest BCUT2D eigenvalue weighted by Crippen LogP contribution is -2.24. The number of nitrogen functional groups attached to an aromatic ring is 1. The topological polar surface area (TPSA) is 145 Å². The molecule has 0 aliphatic carbocycles. The number of anilines is 1. The number of aromatic nitrogens is 6. The molecule has 2 aromatic carbocycles. The highest BCUT2D eigenvalue weighted by atomic mass is 32.2. The van der Waals surface area contributed by atoms with Gasteiger partial charge in [0.25, 0.3) is 5.56 Å². The molecule has 0 spiro atoms. The van der Waals surface area contributed by atoms with Crippen LogP contribution in [0.15, 0.2) is 64.8 Å². The lowest BCUT2D eigenvalue weighted by Gasteiger charge is -2.16. The largest absolute Gasteiger partial charge is 0.416 e. The van der Waals surface area contributed by atoms with Crippen molar-refractivity contribution in [1.29, 1.82) is 0 Å². The van der Waals surface area contributed by atoms with Gasteiger partial charge in [-0.05, 0) is 30.3 Å². The van der Waals surface area contributed by atoms with E-state index in [1.807, 2.05) is 0 Å². The smallest absolute Gasteiger partial charge is 0.394 e. The van der Waals surface area contributed by atoms with Crippen LogP contribution in [0.1, 0.15) is 11.4 Å². The number of fused-ring (bicyclic) bond motifs is 2. The molecule has 38 heavy (non-hydrogen) atoms. The summed E-state index contributed by atoms with van der Waals surface area (Å²) in [6.07, 6.45) is -4.48. The van der Waals surface area contributed by atoms with Crippen molar-refractivity contribution in [3.8, 4) is 5.69 Å². The van der Waals surface area contributed by atoms with E-state index in [4.69, 9.17) is 5.73 Å². The second-order valence-corrected chi connectivity index (χ2v) is 9.24. The molecule has 4 N–H and O–H groups in total. The lowest BCUT2D eigenvalue weighted by molar-refractivity contribution is -0.137. The molecular formula is C24H20F3N7O3S. The summed E-state index contributed by atoms with van der Waals surface area (Å²) < 4.78 is 43.0. The van der Waals surface area contributed by atoms with Crippen LogP contribution in [0, 0.1) is 0 Å². The first-order chi connectivity index (χ1) is 18.2. The number of halogens is 3. The predicted octanol–water partition coefficient (Wildman–Crippen LogP) is 2.77. The molecule has 0 saturated carbocycles. The second-order valence-electron chi connectivity index (χ2n) is 8.30. The predicted molar refractivity (Wildman–Crippen MR) is 135 cm³/mol. The van der Waals surface area contributed by atoms with Crippen molar-refractivity contribution in [3.05, 3.63) is 76.6 Å². The Morgan fingerprint density at radius 3 is 2.63 bits per heavy atom. The van der Waals surface area contributed by atoms with Crippen LogP contribution < -0.4 is 11.3 Å². The van der Waals surface area contributed by atoms with Crippen molar-refractivity contribution < 1.29 is 23.4 Å². The van der Waals surface area contributed by atoms with Crippen molar-refractivity contribution >= 4 is 39.6 Å². The molecule has 10 nitrogen and oxygen atoms in total. The van der Waals surface area contributed by atoms with Crippen LogP contribution in [-0.2, 0) is 18.5 Å². The van der Waals surface area contributed by atoms with Gasteiger partial charge in [-0.25, -0.2) is 19.9 Å². The van der Waals surface area contributed by atoms with E-state index < -0.39 is 30.0 Å². The Morgan fingerprint density at radius 1 is 1.08 bits per heavy atom. The summed E-state index contributed by atoms with van der Waals surface area (Å²) in [4.78, 5) is 30.6. The zero-order chi connectivity index (χ0) is 27.0. The standard InChI is InChI=1S/C24H20F3N7O3S/c25-24(26,27)13-4-3-5-14(8-13)34-18(31-17-7-2-1-6-16(17)22(34)37)11-38-23-32-19-20(28)29-12-30-21(19)33(23)9-15(36)10-35/h1-8,12,15,35-36H,9-11H2,(H2,28,29,30)/t15-/m0/s1. The van der Waals surface area contributed by atoms with Gasteiger partial charge in [0, 0.05) is 0 Å². The Labute approximate surface area is 216 Å². The number of aliphatic hydroxyl groups excluding tert-OH is 2. The quantitative estimate of drug-likeness (QED) is 0.264. The first kappa shape index (κ1) is 25.6. The molecule has 0 fully saturated rings. The van der Waals surface area contributed by atoms with Gasteiger partial charge in [-0.15, -0.1) is 0 Å². The number of alkyl halides is 3. The number of imidazole rings is 1. The maximum atomic E-state index is 13.5. The summed E-state index contributed by atoms with van der Waals surface area (Å²) >= 11 is 1.11. The third kappa shape index (κ3) is 4.80. The molecule has 5 aromatic rings. The molecule has 5 rings (SSSR count). The van der Waals surface area contributed by atoms with Crippen LogP contribution >= 0.6 is 11.8 Å². The van der Waals surface area contributed by atoms with Crippen molar-refractivity contribution in [3.63, 3.8) is 0 Å². The van der Waals surface area contributed by atoms with Crippen molar-refractivity contribution in [2.75, 3.05) is 12.3 Å². The molecule has 0 aliphatic heterocycles. The molecule has 196 valence electrons. The number of rotatable bonds is 7. The molecule has 14 heteroatoms. The minimum Gasteiger partial charge on any atom is -0.394 e. The highest BCUT2D eigenvalue weighted by Crippen LogP contribution is 2.32. The molecule has 3 heterocycles. The number of aliphatic hydroxyl groups is 2. The molecule has 0 unspecified atom stereocenters. The van der Waals surface area contributed by atoms with Gasteiger partial charge in [0.05, 0.1) is 47.2 Å². The molecule has 0 radical (unpaired) electrons. The number of thioether (sulfide) groups is 1. The Kier molecular flexibility index (Phi) is 6.77. The minimum absolute atomic E-state index is 0.0120. The van der Waals surface area contributed by atoms with E-state index in [2.05, 4.69) is 19.9 Å². The summed E-state index contributed by atoms with van der Waals surface area (Å²) in [5.74, 6) is 0.305. The molecule has 0 amide bonds. The summed E-state index contributed by atoms with van der Waals surface area (Å²) in [5.41, 5.74) is 5.52. The average Bonchev–Trinajstić information content (AvgIpc) is 3.25. The van der Waals surface area contributed by atoms with Gasteiger partial charge in [0.1, 0.15) is 12.2 Å². The van der Waals surface area contributed by atoms with Gasteiger partial charge in [-0.3, -0.25) is 9.36 Å². The van der Waals surface area contributed by atoms with Gasteiger partial charge in [-0.1, -0.05) is 30.0 Å². The lowest BCUT2D eigenvalue weighted by atomic mass is 10.2. The monoisotopic (exact) mass is 543 g/mol. The van der Waals surface area contributed by atoms with E-state index >= 15 is 0 Å². The maximum Gasteiger partial charge on any atom is 0.416 e. The third-order valence-electron chi connectivity index (χ3n) is 5.74. The maximum absolute atomic E-state index is 13.5. The fraction of sp³-hybridized carbons (Fsp3) is 0.208. The van der Waals surface area contributed by atoms with Crippen LogP contribution in [0.3, 0.4) is 0 Å². The van der Waals surface area contributed by atoms with Gasteiger partial charge < -0.3 is 20.5 Å². The second kappa shape index (κ2) is 10.0. The normalized spacial score (nSPS) is 12.9. The SMILES string of the molecule is Nc1ncnc2c1nc(SCc1nc3ccccc3c(=O)n1-c1cccc(C(F)(F)F)c1)n2C[C@H](O)CO. The number of hydrogen-bond acceptors (Lipinski definition) is 9. The van der Waals surface area contributed by atoms with Crippen LogP contribution in [0.4, 0.5) is 19.0 Å². The molecule has 1 atom stereocenters. The zero-order valence-electron chi connectivity index (χ0n) is 19.5. The van der Waals surface area contributed by atoms with Crippen LogP contribution in [0.25, 0.3) is 27.8 Å². The number of para-hydroxylation sites is 1. The number of nitrogens with two attached hydrogens (primary N) is 1. The Bertz CT molecular complexity index is 1700. The first-order valence-corrected chi connectivity index (χ1v) is 12.2. The van der Waals surface area contributed by atoms with Crippen LogP contribution in [0.5, 0.6) is 0 Å². The molecular weight excluding hydrogens is 523 g/mol. The third-order valence-corrected chi connectivity index (χ3v) is 6.71. The number of benzene rings is 2. The first-order valence-electron chi connectivity index (χ1n) is 11.2. The Morgan fingerprint density at radius 2 is 1.87 bits per heavy atom. The van der Waals surface area contributed by atoms with E-state index in [1.54, 1.807) is 28.8 Å². The Hall–Kier alpha value is -4.01. The summed E-state index contributed by atoms with van der Waals surface area (Å²) in [5, 5.41) is 20.0. The molecule has 3 aromatic heterocycles. The van der Waals surface area contributed by atoms with E-state index in [1.165, 1.54) is 18.5 Å². The van der Waals surface area contributed by atoms with Gasteiger partial charge in [0.15, 0.2) is 22.1 Å². The summed E-state index contributed by atoms with van der Waals surface area (Å²) in [6.45, 7) is -0.566. The van der Waals surface area contributed by atoms with Crippen molar-refractivity contribution in [2.45, 2.75) is 29.7 Å². The number of hydrogen-bond donors (Lipinski definition) is 3. The van der Waals surface area contributed by atoms with Gasteiger partial charge in [0.2, 0.25) is 0 Å². The average molecular weight is 544 g/mol. The fourth-order valence-corrected chi connectivity index (χ4v) is 4.89. The van der Waals surface area contributed by atoms with E-state index in [-0.39, 0.29) is 40.5 Å². The summed E-state index contributed by atoms with van der Waals surface area (Å²) in [6, 6.07) is 11.0. The summed E-state index contributed by atoms with van der Waals surface area (Å²) in [7, 11) is 0. The highest BCUT2D eigenvalue weighted by molar-refractivity contribution is 7.98. The van der Waals surface area contributed by atoms with Crippen LogP contribution in [-0.4, -0.2) is 52.0 Å². The van der Waals surface area contributed by atoms with Gasteiger partial charge in [-0.2, -0.15) is 13.2 Å². The van der Waals surface area contributed by atoms with E-state index in [0.29, 0.717) is 16.3 Å². The Balaban J connectivity index is 1.63. The minimum atomic E-state index is -4.60. The van der Waals surface area contributed by atoms with E-state index in [0.717, 1.165) is 28.5 Å². The molecule has 0 bridgehead atoms. The molecule has 0 saturated heterocycles. The van der Waals surface area contributed by atoms with E-state index in [9.17, 15) is 28.2 Å². The molecule has 0 aliphatic rings. The van der Waals surface area contributed by atoms with Crippen LogP contribution in [0.2, 0.25) is 0 Å². The van der Waals surface area contributed by atoms with Crippen molar-refractivity contribution in [2.24, 2.45) is 0 Å². The highest BCUT2D eigenvalue weighted by Gasteiger charge is 2.31. The zero-order valence-corrected chi connectivity index (χ0v) is 20.3. The fourth-order valence-electron chi connectivity index (χ4n) is 3.97. The van der Waals surface area contributed by atoms with Crippen molar-refractivity contribution in [1.82, 2.24) is 29.1 Å². The van der Waals surface area contributed by atoms with Gasteiger partial charge >= 0.3 is 6.18 Å².